The van der Waals surface area contributed by atoms with E-state index in [2.05, 4.69) is 42.6 Å². The predicted octanol–water partition coefficient (Wildman–Crippen LogP) is 5.97. The Kier molecular flexibility index (Phi) is 18.2. The van der Waals surface area contributed by atoms with E-state index in [1.165, 1.54) is 16.8 Å². The molecule has 2 bridgehead atoms. The molecular weight excluding hydrogens is 949 g/mol. The molecule has 17 nitrogen and oxygen atoms in total. The Morgan fingerprint density at radius 1 is 0.680 bits per heavy atom. The van der Waals surface area contributed by atoms with E-state index in [9.17, 15) is 19.2 Å². The molecular formula is C58H80N10O7. The van der Waals surface area contributed by atoms with Crippen LogP contribution in [-0.4, -0.2) is 134 Å². The standard InChI is InChI=1S/C58H80N10O7/c1-11-58(7,8)68-34-42(43-20-15-16-21-47(43)68)31-46-56(74)66(10)49(26-35(2)3)53(71)62-45(30-39-23-24-40-32-59-60-33-41(40)28-39)51(69)61-37(6)55(73)65(9)48-22-17-25-67(57(48)75)50(27-36(4)5)54(72)63-44(52(70)64-46)29-38-18-13-12-14-19-38/h11,15-16,20-21,23-24,28,32-38,44-46,48-50H,1,12-14,17-19,22,25-27,29-31H2,2-10H3,(H,61,69)(H,62,71)(H,63,72)(H,64,70)/t37-,44-,45-,46-,48-,49-,50-/m0/s1. The van der Waals surface area contributed by atoms with Crippen LogP contribution in [0.1, 0.15) is 124 Å². The Morgan fingerprint density at radius 2 is 1.31 bits per heavy atom. The van der Waals surface area contributed by atoms with Gasteiger partial charge < -0.3 is 40.5 Å². The molecule has 1 aliphatic carbocycles. The number of para-hydroxylation sites is 1. The molecule has 3 aliphatic rings. The summed E-state index contributed by atoms with van der Waals surface area (Å²) in [6.07, 6.45) is 13.6. The summed E-state index contributed by atoms with van der Waals surface area (Å²) in [4.78, 5) is 109. The maximum atomic E-state index is 15.5. The number of benzene rings is 2. The minimum Gasteiger partial charge on any atom is -0.343 e. The van der Waals surface area contributed by atoms with Crippen LogP contribution in [0, 0.1) is 17.8 Å². The van der Waals surface area contributed by atoms with Crippen LogP contribution in [0.2, 0.25) is 0 Å². The molecule has 0 radical (unpaired) electrons. The molecule has 0 unspecified atom stereocenters. The molecule has 2 aliphatic heterocycles. The summed E-state index contributed by atoms with van der Waals surface area (Å²) >= 11 is 0. The number of hydrogen-bond acceptors (Lipinski definition) is 9. The second-order valence-electron chi connectivity index (χ2n) is 22.8. The minimum absolute atomic E-state index is 0.0131. The predicted molar refractivity (Wildman–Crippen MR) is 290 cm³/mol. The molecule has 0 spiro atoms. The van der Waals surface area contributed by atoms with Crippen molar-refractivity contribution < 1.29 is 33.6 Å². The van der Waals surface area contributed by atoms with Gasteiger partial charge in [-0.2, -0.15) is 10.2 Å². The molecule has 7 rings (SSSR count). The number of carbonyl (C=O) groups is 7. The Labute approximate surface area is 442 Å². The molecule has 4 aromatic rings. The van der Waals surface area contributed by atoms with Gasteiger partial charge in [-0.05, 0) is 93.9 Å². The fourth-order valence-electron chi connectivity index (χ4n) is 11.3. The maximum Gasteiger partial charge on any atom is 0.246 e. The van der Waals surface area contributed by atoms with Crippen LogP contribution in [0.25, 0.3) is 21.7 Å². The summed E-state index contributed by atoms with van der Waals surface area (Å²) in [5.74, 6) is -3.75. The zero-order valence-electron chi connectivity index (χ0n) is 45.6. The SMILES string of the molecule is C=CC(C)(C)n1cc(C[C@@H]2NC(=O)[C@H](CC3CCCCC3)NC(=O)[C@H](CC(C)C)N3CCC[C@@H](C3=O)N(C)C(=O)[C@H](C)NC(=O)[C@H](Cc3ccc4cnncc4c3)NC(=O)[C@H](CC(C)C)N(C)C2=O)c2ccccc21. The van der Waals surface area contributed by atoms with Crippen LogP contribution in [0.15, 0.2) is 73.7 Å². The van der Waals surface area contributed by atoms with E-state index >= 15 is 14.4 Å². The molecule has 4 heterocycles. The van der Waals surface area contributed by atoms with Crippen LogP contribution < -0.4 is 21.3 Å². The molecule has 17 heteroatoms. The Morgan fingerprint density at radius 3 is 2.00 bits per heavy atom. The number of allylic oxidation sites excluding steroid dienone is 1. The van der Waals surface area contributed by atoms with Crippen molar-refractivity contribution in [3.05, 3.63) is 84.8 Å². The summed E-state index contributed by atoms with van der Waals surface area (Å²) in [7, 11) is 3.08. The van der Waals surface area contributed by atoms with Crippen molar-refractivity contribution >= 4 is 63.0 Å². The van der Waals surface area contributed by atoms with Crippen LogP contribution >= 0.6 is 0 Å². The Hall–Kier alpha value is -6.65. The summed E-state index contributed by atoms with van der Waals surface area (Å²) in [5.41, 5.74) is 1.85. The number of aromatic nitrogens is 3. The highest BCUT2D eigenvalue weighted by atomic mass is 16.2. The zero-order valence-corrected chi connectivity index (χ0v) is 45.6. The molecule has 7 atom stereocenters. The second kappa shape index (κ2) is 24.3. The number of likely N-dealkylation sites (N-methyl/N-ethyl adjacent to an activating group) is 2. The lowest BCUT2D eigenvalue weighted by Gasteiger charge is -2.41. The fourth-order valence-corrected chi connectivity index (χ4v) is 11.3. The van der Waals surface area contributed by atoms with Gasteiger partial charge in [0.25, 0.3) is 0 Å². The second-order valence-corrected chi connectivity index (χ2v) is 22.8. The lowest BCUT2D eigenvalue weighted by atomic mass is 9.84. The van der Waals surface area contributed by atoms with E-state index in [1.807, 2.05) is 96.3 Å². The molecule has 2 aromatic carbocycles. The molecule has 2 saturated heterocycles. The van der Waals surface area contributed by atoms with Gasteiger partial charge in [-0.25, -0.2) is 0 Å². The van der Waals surface area contributed by atoms with E-state index in [0.717, 1.165) is 59.3 Å². The zero-order chi connectivity index (χ0) is 54.3. The van der Waals surface area contributed by atoms with E-state index in [1.54, 1.807) is 31.3 Å². The average molecular weight is 1030 g/mol. The highest BCUT2D eigenvalue weighted by molar-refractivity contribution is 5.99. The van der Waals surface area contributed by atoms with Gasteiger partial charge in [0, 0.05) is 61.4 Å². The van der Waals surface area contributed by atoms with Gasteiger partial charge in [0.1, 0.15) is 42.3 Å². The first-order valence-corrected chi connectivity index (χ1v) is 27.1. The summed E-state index contributed by atoms with van der Waals surface area (Å²) < 4.78 is 2.09. The Balaban J connectivity index is 1.35. The molecule has 7 amide bonds. The Bertz CT molecular complexity index is 2750. The van der Waals surface area contributed by atoms with Crippen molar-refractivity contribution in [1.29, 1.82) is 0 Å². The average Bonchev–Trinajstić information content (AvgIpc) is 3.77. The molecule has 3 fully saturated rings. The van der Waals surface area contributed by atoms with Crippen molar-refractivity contribution in [1.82, 2.24) is 50.7 Å². The van der Waals surface area contributed by atoms with Gasteiger partial charge in [0.2, 0.25) is 41.4 Å². The van der Waals surface area contributed by atoms with Crippen molar-refractivity contribution in [2.45, 2.75) is 173 Å². The van der Waals surface area contributed by atoms with Gasteiger partial charge >= 0.3 is 0 Å². The van der Waals surface area contributed by atoms with Crippen LogP contribution in [0.4, 0.5) is 0 Å². The molecule has 4 N–H and O–H groups in total. The first kappa shape index (κ1) is 56.1. The number of hydrogen-bond donors (Lipinski definition) is 4. The third kappa shape index (κ3) is 13.2. The molecule has 404 valence electrons. The normalized spacial score (nSPS) is 24.8. The van der Waals surface area contributed by atoms with E-state index < -0.39 is 89.2 Å². The van der Waals surface area contributed by atoms with E-state index in [0.29, 0.717) is 31.2 Å². The first-order chi connectivity index (χ1) is 35.7. The number of piperidine rings is 1. The maximum absolute atomic E-state index is 15.5. The smallest absolute Gasteiger partial charge is 0.246 e. The van der Waals surface area contributed by atoms with Gasteiger partial charge in [0.15, 0.2) is 0 Å². The number of amides is 7. The number of fused-ring (bicyclic) bond motifs is 4. The molecule has 75 heavy (non-hydrogen) atoms. The third-order valence-electron chi connectivity index (χ3n) is 15.7. The first-order valence-electron chi connectivity index (χ1n) is 27.1. The lowest BCUT2D eigenvalue weighted by molar-refractivity contribution is -0.153. The summed E-state index contributed by atoms with van der Waals surface area (Å²) in [6, 6.07) is 5.74. The van der Waals surface area contributed by atoms with E-state index in [-0.39, 0.29) is 43.6 Å². The largest absolute Gasteiger partial charge is 0.343 e. The van der Waals surface area contributed by atoms with Crippen molar-refractivity contribution in [2.75, 3.05) is 20.6 Å². The number of carbonyl (C=O) groups excluding carboxylic acids is 7. The number of nitrogens with zero attached hydrogens (tertiary/aromatic N) is 6. The van der Waals surface area contributed by atoms with Gasteiger partial charge in [0.05, 0.1) is 17.9 Å². The van der Waals surface area contributed by atoms with Crippen molar-refractivity contribution in [2.24, 2.45) is 17.8 Å². The lowest BCUT2D eigenvalue weighted by Crippen LogP contribution is -2.62. The monoisotopic (exact) mass is 1030 g/mol. The third-order valence-corrected chi connectivity index (χ3v) is 15.7. The van der Waals surface area contributed by atoms with Gasteiger partial charge in [-0.1, -0.05) is 96.2 Å². The minimum atomic E-state index is -1.23. The quantitative estimate of drug-likeness (QED) is 0.123. The fraction of sp³-hybridized carbons (Fsp3) is 0.569. The highest BCUT2D eigenvalue weighted by Gasteiger charge is 2.43. The number of rotatable bonds is 12. The van der Waals surface area contributed by atoms with Gasteiger partial charge in [-0.15, -0.1) is 6.58 Å². The summed E-state index contributed by atoms with van der Waals surface area (Å²) in [6.45, 7) is 17.8. The highest BCUT2D eigenvalue weighted by Crippen LogP contribution is 2.32. The van der Waals surface area contributed by atoms with Crippen molar-refractivity contribution in [3.8, 4) is 0 Å². The van der Waals surface area contributed by atoms with Crippen LogP contribution in [-0.2, 0) is 51.9 Å². The van der Waals surface area contributed by atoms with Crippen LogP contribution in [0.3, 0.4) is 0 Å². The van der Waals surface area contributed by atoms with E-state index in [4.69, 9.17) is 0 Å². The molecule has 2 aromatic heterocycles. The number of nitrogens with one attached hydrogen (secondary N) is 4. The molecule has 1 saturated carbocycles. The topological polar surface area (TPSA) is 208 Å². The van der Waals surface area contributed by atoms with Crippen LogP contribution in [0.5, 0.6) is 0 Å². The summed E-state index contributed by atoms with van der Waals surface area (Å²) in [5, 5.41) is 22.6. The van der Waals surface area contributed by atoms with Crippen molar-refractivity contribution in [3.63, 3.8) is 0 Å². The van der Waals surface area contributed by atoms with Gasteiger partial charge in [-0.3, -0.25) is 33.6 Å².